The van der Waals surface area contributed by atoms with E-state index in [2.05, 4.69) is 6.92 Å². The van der Waals surface area contributed by atoms with Crippen LogP contribution < -0.4 is 14.9 Å². The molecule has 1 aliphatic rings. The molecule has 2 heterocycles. The van der Waals surface area contributed by atoms with Gasteiger partial charge in [-0.05, 0) is 56.4 Å². The second-order valence-corrected chi connectivity index (χ2v) is 9.07. The predicted molar refractivity (Wildman–Crippen MR) is 132 cm³/mol. The van der Waals surface area contributed by atoms with E-state index in [1.54, 1.807) is 30.2 Å². The fourth-order valence-electron chi connectivity index (χ4n) is 4.18. The van der Waals surface area contributed by atoms with E-state index in [0.29, 0.717) is 52.8 Å². The molecule has 8 heteroatoms. The Morgan fingerprint density at radius 1 is 1.12 bits per heavy atom. The summed E-state index contributed by atoms with van der Waals surface area (Å²) in [5.74, 6) is 0.945. The molecule has 0 radical (unpaired) electrons. The van der Waals surface area contributed by atoms with Crippen LogP contribution in [0.15, 0.2) is 45.6 Å². The van der Waals surface area contributed by atoms with E-state index in [4.69, 9.17) is 25.5 Å². The first-order valence-corrected chi connectivity index (χ1v) is 11.8. The third kappa shape index (κ3) is 4.50. The lowest BCUT2D eigenvalue weighted by Crippen LogP contribution is -2.35. The molecule has 0 saturated carbocycles. The number of ether oxygens (including phenoxy) is 2. The molecular formula is C26H29ClN2O5. The molecule has 0 fully saturated rings. The average Bonchev–Trinajstić information content (AvgIpc) is 3.10. The topological polar surface area (TPSA) is 72.2 Å². The van der Waals surface area contributed by atoms with Crippen LogP contribution in [0, 0.1) is 0 Å². The van der Waals surface area contributed by atoms with Crippen LogP contribution in [0.1, 0.15) is 47.5 Å². The van der Waals surface area contributed by atoms with Gasteiger partial charge in [0.2, 0.25) is 5.76 Å². The van der Waals surface area contributed by atoms with E-state index in [0.717, 1.165) is 18.4 Å². The number of hydrogen-bond donors (Lipinski definition) is 0. The zero-order chi connectivity index (χ0) is 24.4. The smallest absolute Gasteiger partial charge is 0.290 e. The van der Waals surface area contributed by atoms with Crippen molar-refractivity contribution in [1.29, 1.82) is 0 Å². The number of unbranched alkanes of at least 4 members (excludes halogenated alkanes) is 1. The third-order valence-electron chi connectivity index (χ3n) is 5.97. The van der Waals surface area contributed by atoms with Crippen molar-refractivity contribution in [2.75, 3.05) is 40.9 Å². The molecule has 2 aromatic carbocycles. The lowest BCUT2D eigenvalue weighted by atomic mass is 9.98. The Hall–Kier alpha value is -3.03. The Balaban J connectivity index is 1.85. The predicted octanol–water partition coefficient (Wildman–Crippen LogP) is 4.74. The summed E-state index contributed by atoms with van der Waals surface area (Å²) in [5.41, 5.74) is 1.15. The van der Waals surface area contributed by atoms with Gasteiger partial charge in [-0.15, -0.1) is 0 Å². The van der Waals surface area contributed by atoms with Gasteiger partial charge >= 0.3 is 0 Å². The molecule has 1 atom stereocenters. The summed E-state index contributed by atoms with van der Waals surface area (Å²) in [7, 11) is 5.45. The summed E-state index contributed by atoms with van der Waals surface area (Å²) in [6.07, 6.45) is 1.96. The fraction of sp³-hybridized carbons (Fsp3) is 0.385. The van der Waals surface area contributed by atoms with E-state index >= 15 is 0 Å². The van der Waals surface area contributed by atoms with Crippen molar-refractivity contribution in [3.05, 3.63) is 68.5 Å². The second kappa shape index (κ2) is 10.1. The highest BCUT2D eigenvalue weighted by molar-refractivity contribution is 6.31. The van der Waals surface area contributed by atoms with Gasteiger partial charge < -0.3 is 23.7 Å². The third-order valence-corrected chi connectivity index (χ3v) is 6.21. The molecule has 1 amide bonds. The fourth-order valence-corrected chi connectivity index (χ4v) is 4.35. The summed E-state index contributed by atoms with van der Waals surface area (Å²) >= 11 is 6.15. The van der Waals surface area contributed by atoms with Crippen molar-refractivity contribution in [3.8, 4) is 11.5 Å². The molecule has 1 aromatic heterocycles. The van der Waals surface area contributed by atoms with Crippen LogP contribution >= 0.6 is 11.6 Å². The monoisotopic (exact) mass is 484 g/mol. The number of amides is 1. The first-order valence-electron chi connectivity index (χ1n) is 11.4. The van der Waals surface area contributed by atoms with E-state index in [1.165, 1.54) is 0 Å². The van der Waals surface area contributed by atoms with Gasteiger partial charge in [0.05, 0.1) is 30.7 Å². The van der Waals surface area contributed by atoms with Gasteiger partial charge in [0.15, 0.2) is 16.9 Å². The molecule has 0 bridgehead atoms. The number of carbonyl (C=O) groups is 1. The minimum absolute atomic E-state index is 0.0748. The van der Waals surface area contributed by atoms with Gasteiger partial charge in [0.25, 0.3) is 5.91 Å². The summed E-state index contributed by atoms with van der Waals surface area (Å²) in [6, 6.07) is 9.77. The number of rotatable bonds is 9. The number of hydrogen-bond acceptors (Lipinski definition) is 6. The molecule has 0 aliphatic carbocycles. The molecular weight excluding hydrogens is 456 g/mol. The van der Waals surface area contributed by atoms with E-state index in [1.807, 2.05) is 37.2 Å². The van der Waals surface area contributed by atoms with Crippen LogP contribution in [0.5, 0.6) is 11.5 Å². The summed E-state index contributed by atoms with van der Waals surface area (Å²) in [5, 5.41) is 0.783. The Labute approximate surface area is 203 Å². The highest BCUT2D eigenvalue weighted by Crippen LogP contribution is 2.41. The number of halogens is 1. The molecule has 1 unspecified atom stereocenters. The van der Waals surface area contributed by atoms with Gasteiger partial charge in [0.1, 0.15) is 5.58 Å². The molecule has 4 rings (SSSR count). The molecule has 0 saturated heterocycles. The summed E-state index contributed by atoms with van der Waals surface area (Å²) in [4.78, 5) is 30.7. The molecule has 3 aromatic rings. The quantitative estimate of drug-likeness (QED) is 0.408. The van der Waals surface area contributed by atoms with Crippen molar-refractivity contribution >= 4 is 28.5 Å². The minimum Gasteiger partial charge on any atom is -0.493 e. The van der Waals surface area contributed by atoms with Gasteiger partial charge in [-0.25, -0.2) is 0 Å². The van der Waals surface area contributed by atoms with Crippen molar-refractivity contribution < 1.29 is 18.7 Å². The number of likely N-dealkylation sites (N-methyl/N-ethyl adjacent to an activating group) is 1. The molecule has 0 N–H and O–H groups in total. The highest BCUT2D eigenvalue weighted by Gasteiger charge is 2.42. The largest absolute Gasteiger partial charge is 0.493 e. The normalized spacial score (nSPS) is 15.3. The molecule has 1 aliphatic heterocycles. The lowest BCUT2D eigenvalue weighted by molar-refractivity contribution is 0.0716. The van der Waals surface area contributed by atoms with E-state index < -0.39 is 6.04 Å². The summed E-state index contributed by atoms with van der Waals surface area (Å²) in [6.45, 7) is 3.74. The summed E-state index contributed by atoms with van der Waals surface area (Å²) < 4.78 is 17.4. The number of methoxy groups -OCH3 is 1. The average molecular weight is 485 g/mol. The molecule has 0 spiro atoms. The zero-order valence-electron chi connectivity index (χ0n) is 19.9. The Morgan fingerprint density at radius 2 is 1.91 bits per heavy atom. The van der Waals surface area contributed by atoms with Gasteiger partial charge in [0, 0.05) is 18.1 Å². The van der Waals surface area contributed by atoms with Crippen molar-refractivity contribution in [1.82, 2.24) is 9.80 Å². The number of benzene rings is 2. The maximum Gasteiger partial charge on any atom is 0.290 e. The van der Waals surface area contributed by atoms with Gasteiger partial charge in [-0.3, -0.25) is 9.59 Å². The van der Waals surface area contributed by atoms with Gasteiger partial charge in [-0.2, -0.15) is 0 Å². The minimum atomic E-state index is -0.610. The number of nitrogens with zero attached hydrogens (tertiary/aromatic N) is 2. The second-order valence-electron chi connectivity index (χ2n) is 8.63. The number of fused-ring (bicyclic) bond motifs is 2. The van der Waals surface area contributed by atoms with E-state index in [9.17, 15) is 9.59 Å². The zero-order valence-corrected chi connectivity index (χ0v) is 20.6. The molecule has 7 nitrogen and oxygen atoms in total. The van der Waals surface area contributed by atoms with Crippen molar-refractivity contribution in [2.24, 2.45) is 0 Å². The van der Waals surface area contributed by atoms with Crippen LogP contribution in [0.25, 0.3) is 11.0 Å². The van der Waals surface area contributed by atoms with Crippen LogP contribution in [0.3, 0.4) is 0 Å². The Kier molecular flexibility index (Phi) is 7.14. The maximum absolute atomic E-state index is 13.6. The van der Waals surface area contributed by atoms with Crippen molar-refractivity contribution in [2.45, 2.75) is 25.8 Å². The van der Waals surface area contributed by atoms with Crippen LogP contribution in [-0.4, -0.2) is 56.6 Å². The first kappa shape index (κ1) is 24.1. The first-order chi connectivity index (χ1) is 16.3. The van der Waals surface area contributed by atoms with Crippen LogP contribution in [0.4, 0.5) is 0 Å². The molecule has 34 heavy (non-hydrogen) atoms. The highest BCUT2D eigenvalue weighted by atomic mass is 35.5. The standard InChI is InChI=1S/C26H29ClN2O5/c1-5-6-13-33-20-9-7-16(14-21(20)32-4)23-22-24(30)18-15-17(27)8-10-19(18)34-25(22)26(31)29(23)12-11-28(2)3/h7-10,14-15,23H,5-6,11-13H2,1-4H3. The lowest BCUT2D eigenvalue weighted by Gasteiger charge is -2.27. The van der Waals surface area contributed by atoms with E-state index in [-0.39, 0.29) is 17.1 Å². The van der Waals surface area contributed by atoms with Crippen LogP contribution in [-0.2, 0) is 0 Å². The van der Waals surface area contributed by atoms with Crippen LogP contribution in [0.2, 0.25) is 5.02 Å². The molecule has 180 valence electrons. The Morgan fingerprint density at radius 3 is 2.62 bits per heavy atom. The maximum atomic E-state index is 13.6. The Bertz CT molecular complexity index is 1270. The van der Waals surface area contributed by atoms with Crippen molar-refractivity contribution in [3.63, 3.8) is 0 Å². The SMILES string of the molecule is CCCCOc1ccc(C2c3c(oc4ccc(Cl)cc4c3=O)C(=O)N2CCN(C)C)cc1OC. The van der Waals surface area contributed by atoms with Gasteiger partial charge in [-0.1, -0.05) is 31.0 Å². The number of carbonyl (C=O) groups excluding carboxylic acids is 1.